The molecule has 0 heterocycles. The highest BCUT2D eigenvalue weighted by Gasteiger charge is 2.62. The van der Waals surface area contributed by atoms with Crippen molar-refractivity contribution in [3.8, 4) is 0 Å². The number of allylic oxidation sites excluding steroid dienone is 4. The van der Waals surface area contributed by atoms with E-state index < -0.39 is 25.9 Å². The summed E-state index contributed by atoms with van der Waals surface area (Å²) in [4.78, 5) is 42.4. The Balaban J connectivity index is 1.60. The number of carbonyl (C=O) groups excluding carboxylic acids is 2. The fourth-order valence-corrected chi connectivity index (χ4v) is 7.40. The van der Waals surface area contributed by atoms with Crippen molar-refractivity contribution >= 4 is 19.4 Å². The lowest BCUT2D eigenvalue weighted by molar-refractivity contribution is -0.141. The van der Waals surface area contributed by atoms with E-state index in [9.17, 15) is 19.3 Å². The molecular formula is C21H29O7P. The fraction of sp³-hybridized carbons (Fsp3) is 0.714. The van der Waals surface area contributed by atoms with E-state index in [0.717, 1.165) is 24.8 Å². The smallest absolute Gasteiger partial charge is 0.393 e. The van der Waals surface area contributed by atoms with Gasteiger partial charge in [0.05, 0.1) is 6.10 Å². The molecule has 4 aliphatic carbocycles. The van der Waals surface area contributed by atoms with E-state index in [2.05, 4.69) is 11.4 Å². The Morgan fingerprint density at radius 1 is 1.28 bits per heavy atom. The third-order valence-corrected chi connectivity index (χ3v) is 8.72. The Labute approximate surface area is 170 Å². The predicted octanol–water partition coefficient (Wildman–Crippen LogP) is 2.56. The summed E-state index contributed by atoms with van der Waals surface area (Å²) < 4.78 is 15.5. The Hall–Kier alpha value is -1.11. The molecular weight excluding hydrogens is 395 g/mol. The van der Waals surface area contributed by atoms with Gasteiger partial charge in [0.2, 0.25) is 0 Å². The van der Waals surface area contributed by atoms with Gasteiger partial charge in [-0.3, -0.25) is 14.1 Å². The molecule has 4 aliphatic rings. The summed E-state index contributed by atoms with van der Waals surface area (Å²) >= 11 is 0. The van der Waals surface area contributed by atoms with Crippen molar-refractivity contribution in [3.05, 3.63) is 23.8 Å². The number of hydrogen-bond acceptors (Lipinski definition) is 5. The first kappa shape index (κ1) is 21.1. The molecule has 4 rings (SSSR count). The molecule has 0 aromatic carbocycles. The minimum absolute atomic E-state index is 0.00245. The first-order valence-corrected chi connectivity index (χ1v) is 11.8. The van der Waals surface area contributed by atoms with Gasteiger partial charge in [-0.1, -0.05) is 25.5 Å². The number of aliphatic hydroxyl groups excluding tert-OH is 1. The molecule has 3 N–H and O–H groups in total. The number of Topliss-reactive ketones (excluding diaryl/α,β-unsaturated/α-hetero) is 1. The molecule has 7 atom stereocenters. The maximum atomic E-state index is 12.7. The zero-order valence-electron chi connectivity index (χ0n) is 16.8. The SMILES string of the molecule is CC12C=CC(=O)C=C1CC[C@@H]1C2C(O)CC2(C)C(C(=O)COP(=O)(O)O)CCC12. The highest BCUT2D eigenvalue weighted by molar-refractivity contribution is 7.46. The van der Waals surface area contributed by atoms with Crippen LogP contribution in [0, 0.1) is 34.5 Å². The molecule has 7 nitrogen and oxygen atoms in total. The fourth-order valence-electron chi connectivity index (χ4n) is 7.10. The van der Waals surface area contributed by atoms with Crippen LogP contribution in [0.5, 0.6) is 0 Å². The van der Waals surface area contributed by atoms with Gasteiger partial charge in [-0.2, -0.15) is 0 Å². The minimum Gasteiger partial charge on any atom is -0.393 e. The second kappa shape index (κ2) is 6.96. The maximum Gasteiger partial charge on any atom is 0.470 e. The average Bonchev–Trinajstić information content (AvgIpc) is 2.96. The van der Waals surface area contributed by atoms with Crippen molar-refractivity contribution in [1.29, 1.82) is 0 Å². The van der Waals surface area contributed by atoms with E-state index in [1.807, 2.05) is 13.0 Å². The third-order valence-electron chi connectivity index (χ3n) is 8.26. The molecule has 3 saturated carbocycles. The van der Waals surface area contributed by atoms with Crippen LogP contribution in [0.15, 0.2) is 23.8 Å². The van der Waals surface area contributed by atoms with Crippen molar-refractivity contribution in [3.63, 3.8) is 0 Å². The molecule has 3 fully saturated rings. The summed E-state index contributed by atoms with van der Waals surface area (Å²) in [6.07, 6.45) is 8.34. The Bertz CT molecular complexity index is 842. The van der Waals surface area contributed by atoms with Gasteiger partial charge in [0, 0.05) is 17.3 Å². The third kappa shape index (κ3) is 3.41. The lowest BCUT2D eigenvalue weighted by Gasteiger charge is -2.58. The van der Waals surface area contributed by atoms with Crippen LogP contribution < -0.4 is 0 Å². The monoisotopic (exact) mass is 424 g/mol. The van der Waals surface area contributed by atoms with Crippen LogP contribution in [-0.2, 0) is 18.7 Å². The van der Waals surface area contributed by atoms with Crippen LogP contribution in [0.1, 0.15) is 46.0 Å². The summed E-state index contributed by atoms with van der Waals surface area (Å²) in [5, 5.41) is 11.2. The van der Waals surface area contributed by atoms with E-state index in [1.165, 1.54) is 0 Å². The van der Waals surface area contributed by atoms with Crippen molar-refractivity contribution in [2.45, 2.75) is 52.1 Å². The molecule has 160 valence electrons. The van der Waals surface area contributed by atoms with E-state index in [4.69, 9.17) is 9.79 Å². The van der Waals surface area contributed by atoms with Gasteiger partial charge in [0.15, 0.2) is 11.6 Å². The van der Waals surface area contributed by atoms with E-state index in [-0.39, 0.29) is 40.7 Å². The van der Waals surface area contributed by atoms with Gasteiger partial charge in [-0.25, -0.2) is 4.57 Å². The molecule has 0 aromatic rings. The molecule has 29 heavy (non-hydrogen) atoms. The quantitative estimate of drug-likeness (QED) is 0.593. The summed E-state index contributed by atoms with van der Waals surface area (Å²) in [6, 6.07) is 0. The van der Waals surface area contributed by atoms with Crippen molar-refractivity contribution in [2.24, 2.45) is 34.5 Å². The molecule has 0 saturated heterocycles. The number of rotatable bonds is 4. The molecule has 0 bridgehead atoms. The first-order valence-electron chi connectivity index (χ1n) is 10.3. The second-order valence-electron chi connectivity index (χ2n) is 9.66. The Morgan fingerprint density at radius 2 is 2.00 bits per heavy atom. The Morgan fingerprint density at radius 3 is 2.69 bits per heavy atom. The molecule has 0 spiro atoms. The number of phosphoric ester groups is 1. The van der Waals surface area contributed by atoms with Crippen molar-refractivity contribution in [1.82, 2.24) is 0 Å². The van der Waals surface area contributed by atoms with Crippen LogP contribution in [0.2, 0.25) is 0 Å². The van der Waals surface area contributed by atoms with E-state index >= 15 is 0 Å². The lowest BCUT2D eigenvalue weighted by Crippen LogP contribution is -2.56. The van der Waals surface area contributed by atoms with Crippen LogP contribution >= 0.6 is 7.82 Å². The second-order valence-corrected chi connectivity index (χ2v) is 10.9. The highest BCUT2D eigenvalue weighted by atomic mass is 31.2. The van der Waals surface area contributed by atoms with Crippen molar-refractivity contribution in [2.75, 3.05) is 6.61 Å². The van der Waals surface area contributed by atoms with Crippen molar-refractivity contribution < 1.29 is 33.6 Å². The van der Waals surface area contributed by atoms with Crippen LogP contribution in [0.4, 0.5) is 0 Å². The predicted molar refractivity (Wildman–Crippen MR) is 104 cm³/mol. The van der Waals surface area contributed by atoms with Gasteiger partial charge >= 0.3 is 7.82 Å². The Kier molecular flexibility index (Phi) is 5.07. The molecule has 0 amide bonds. The van der Waals surface area contributed by atoms with Gasteiger partial charge in [-0.05, 0) is 61.5 Å². The summed E-state index contributed by atoms with van der Waals surface area (Å²) in [7, 11) is -4.70. The van der Waals surface area contributed by atoms with Gasteiger partial charge in [0.25, 0.3) is 0 Å². The topological polar surface area (TPSA) is 121 Å². The normalized spacial score (nSPS) is 44.0. The highest BCUT2D eigenvalue weighted by Crippen LogP contribution is 2.66. The van der Waals surface area contributed by atoms with Gasteiger partial charge < -0.3 is 14.9 Å². The van der Waals surface area contributed by atoms with Gasteiger partial charge in [0.1, 0.15) is 6.61 Å². The van der Waals surface area contributed by atoms with Crippen LogP contribution in [-0.4, -0.2) is 39.2 Å². The minimum atomic E-state index is -4.70. The molecule has 0 aromatic heterocycles. The molecule has 0 aliphatic heterocycles. The number of carbonyl (C=O) groups is 2. The summed E-state index contributed by atoms with van der Waals surface area (Å²) in [6.45, 7) is 3.55. The molecule has 8 heteroatoms. The number of ketones is 2. The van der Waals surface area contributed by atoms with Crippen LogP contribution in [0.25, 0.3) is 0 Å². The number of fused-ring (bicyclic) bond motifs is 5. The van der Waals surface area contributed by atoms with E-state index in [1.54, 1.807) is 12.2 Å². The largest absolute Gasteiger partial charge is 0.470 e. The average molecular weight is 424 g/mol. The van der Waals surface area contributed by atoms with E-state index in [0.29, 0.717) is 12.8 Å². The molecule has 6 unspecified atom stereocenters. The summed E-state index contributed by atoms with van der Waals surface area (Å²) in [5.74, 6) is -0.168. The zero-order chi connectivity index (χ0) is 21.2. The summed E-state index contributed by atoms with van der Waals surface area (Å²) in [5.41, 5.74) is 0.333. The number of phosphoric acid groups is 1. The lowest BCUT2D eigenvalue weighted by atomic mass is 9.46. The van der Waals surface area contributed by atoms with Crippen LogP contribution in [0.3, 0.4) is 0 Å². The number of aliphatic hydroxyl groups is 1. The first-order chi connectivity index (χ1) is 13.5. The van der Waals surface area contributed by atoms with Gasteiger partial charge in [-0.15, -0.1) is 0 Å². The maximum absolute atomic E-state index is 12.7. The number of hydrogen-bond donors (Lipinski definition) is 3. The molecule has 0 radical (unpaired) electrons. The zero-order valence-corrected chi connectivity index (χ0v) is 17.7. The standard InChI is InChI=1S/C21H29O7P/c1-20-8-7-13(22)9-12(20)3-4-14-15-5-6-16(18(24)11-28-29(25,26)27)21(15,2)10-17(23)19(14)20/h7-9,14-17,19,23H,3-6,10-11H2,1-2H3,(H2,25,26,27)/t14-,15?,16?,17?,19?,20?,21?/m0/s1.